The molecule has 1 heterocycles. The molecule has 1 aromatic carbocycles. The molecular weight excluding hydrogens is 326 g/mol. The highest BCUT2D eigenvalue weighted by molar-refractivity contribution is 7.18. The molecule has 0 saturated heterocycles. The van der Waals surface area contributed by atoms with Gasteiger partial charge >= 0.3 is 6.03 Å². The molecule has 7 nitrogen and oxygen atoms in total. The van der Waals surface area contributed by atoms with Crippen molar-refractivity contribution in [2.45, 2.75) is 19.9 Å². The Morgan fingerprint density at radius 3 is 2.38 bits per heavy atom. The molecule has 24 heavy (non-hydrogen) atoms. The second-order valence-electron chi connectivity index (χ2n) is 5.83. The second-order valence-corrected chi connectivity index (χ2v) is 6.81. The second kappa shape index (κ2) is 7.87. The van der Waals surface area contributed by atoms with E-state index in [1.165, 1.54) is 16.2 Å². The molecule has 2 N–H and O–H groups in total. The van der Waals surface area contributed by atoms with E-state index in [1.807, 2.05) is 44.2 Å². The van der Waals surface area contributed by atoms with E-state index in [0.29, 0.717) is 5.13 Å². The van der Waals surface area contributed by atoms with Gasteiger partial charge in [-0.2, -0.15) is 0 Å². The maximum absolute atomic E-state index is 12.5. The SMILES string of the molecule is CC(C)[C@H](NC(=O)N(C)C)C(=O)Nc1nnc(-c2ccccc2)s1. The van der Waals surface area contributed by atoms with E-state index >= 15 is 0 Å². The number of hydrogen-bond donors (Lipinski definition) is 2. The molecule has 128 valence electrons. The van der Waals surface area contributed by atoms with Crippen molar-refractivity contribution in [1.82, 2.24) is 20.4 Å². The summed E-state index contributed by atoms with van der Waals surface area (Å²) in [5.74, 6) is -0.369. The third-order valence-corrected chi connectivity index (χ3v) is 4.20. The predicted molar refractivity (Wildman–Crippen MR) is 94.8 cm³/mol. The zero-order valence-electron chi connectivity index (χ0n) is 14.1. The number of urea groups is 1. The van der Waals surface area contributed by atoms with E-state index in [-0.39, 0.29) is 17.9 Å². The summed E-state index contributed by atoms with van der Waals surface area (Å²) in [6.45, 7) is 3.74. The summed E-state index contributed by atoms with van der Waals surface area (Å²) in [5, 5.41) is 14.7. The van der Waals surface area contributed by atoms with E-state index in [4.69, 9.17) is 0 Å². The minimum absolute atomic E-state index is 0.0598. The summed E-state index contributed by atoms with van der Waals surface area (Å²) in [7, 11) is 3.25. The van der Waals surface area contributed by atoms with Crippen molar-refractivity contribution >= 4 is 28.4 Å². The van der Waals surface area contributed by atoms with Crippen LogP contribution in [0.2, 0.25) is 0 Å². The fourth-order valence-electron chi connectivity index (χ4n) is 1.95. The van der Waals surface area contributed by atoms with Crippen molar-refractivity contribution in [1.29, 1.82) is 0 Å². The number of carbonyl (C=O) groups excluding carboxylic acids is 2. The van der Waals surface area contributed by atoms with Crippen LogP contribution in [0.5, 0.6) is 0 Å². The van der Waals surface area contributed by atoms with E-state index in [2.05, 4.69) is 20.8 Å². The molecule has 0 fully saturated rings. The Labute approximate surface area is 145 Å². The van der Waals surface area contributed by atoms with Gasteiger partial charge in [-0.3, -0.25) is 10.1 Å². The topological polar surface area (TPSA) is 87.2 Å². The molecule has 0 unspecified atom stereocenters. The lowest BCUT2D eigenvalue weighted by Gasteiger charge is -2.23. The van der Waals surface area contributed by atoms with Gasteiger partial charge in [0.1, 0.15) is 11.0 Å². The van der Waals surface area contributed by atoms with Crippen molar-refractivity contribution < 1.29 is 9.59 Å². The van der Waals surface area contributed by atoms with Gasteiger partial charge in [0.25, 0.3) is 0 Å². The van der Waals surface area contributed by atoms with Gasteiger partial charge in [-0.05, 0) is 5.92 Å². The first-order valence-electron chi connectivity index (χ1n) is 7.56. The molecule has 0 saturated carbocycles. The number of amides is 3. The van der Waals surface area contributed by atoms with E-state index in [0.717, 1.165) is 10.6 Å². The summed E-state index contributed by atoms with van der Waals surface area (Å²) >= 11 is 1.29. The van der Waals surface area contributed by atoms with E-state index in [1.54, 1.807) is 14.1 Å². The van der Waals surface area contributed by atoms with E-state index in [9.17, 15) is 9.59 Å². The summed E-state index contributed by atoms with van der Waals surface area (Å²) in [6, 6.07) is 8.66. The minimum Gasteiger partial charge on any atom is -0.331 e. The zero-order chi connectivity index (χ0) is 17.7. The summed E-state index contributed by atoms with van der Waals surface area (Å²) in [6.07, 6.45) is 0. The maximum Gasteiger partial charge on any atom is 0.317 e. The van der Waals surface area contributed by atoms with Crippen LogP contribution < -0.4 is 10.6 Å². The molecule has 3 amide bonds. The van der Waals surface area contributed by atoms with Gasteiger partial charge in [0.05, 0.1) is 0 Å². The number of aromatic nitrogens is 2. The number of nitrogens with zero attached hydrogens (tertiary/aromatic N) is 3. The van der Waals surface area contributed by atoms with Crippen molar-refractivity contribution in [3.05, 3.63) is 30.3 Å². The Balaban J connectivity index is 2.07. The standard InChI is InChI=1S/C16H21N5O2S/c1-10(2)12(17-16(23)21(3)4)13(22)18-15-20-19-14(24-15)11-8-6-5-7-9-11/h5-10,12H,1-4H3,(H,17,23)(H,18,20,22)/t12-/m0/s1. The molecule has 2 aromatic rings. The van der Waals surface area contributed by atoms with Gasteiger partial charge in [0, 0.05) is 19.7 Å². The predicted octanol–water partition coefficient (Wildman–Crippen LogP) is 2.44. The number of carbonyl (C=O) groups is 2. The van der Waals surface area contributed by atoms with Crippen LogP contribution in [0, 0.1) is 5.92 Å². The van der Waals surface area contributed by atoms with Gasteiger partial charge in [-0.1, -0.05) is 55.5 Å². The van der Waals surface area contributed by atoms with E-state index < -0.39 is 6.04 Å². The third-order valence-electron chi connectivity index (χ3n) is 3.31. The van der Waals surface area contributed by atoms with Gasteiger partial charge in [-0.15, -0.1) is 10.2 Å². The molecule has 1 atom stereocenters. The van der Waals surface area contributed by atoms with Crippen molar-refractivity contribution in [3.8, 4) is 10.6 Å². The van der Waals surface area contributed by atoms with Crippen molar-refractivity contribution in [2.24, 2.45) is 5.92 Å². The van der Waals surface area contributed by atoms with Gasteiger partial charge < -0.3 is 10.2 Å². The smallest absolute Gasteiger partial charge is 0.317 e. The maximum atomic E-state index is 12.5. The number of hydrogen-bond acceptors (Lipinski definition) is 5. The largest absolute Gasteiger partial charge is 0.331 e. The Bertz CT molecular complexity index is 700. The monoisotopic (exact) mass is 347 g/mol. The van der Waals surface area contributed by atoms with Crippen LogP contribution in [-0.4, -0.2) is 47.2 Å². The Morgan fingerprint density at radius 1 is 1.12 bits per heavy atom. The van der Waals surface area contributed by atoms with Gasteiger partial charge in [-0.25, -0.2) is 4.79 Å². The molecule has 0 bridgehead atoms. The number of anilines is 1. The Hall–Kier alpha value is -2.48. The zero-order valence-corrected chi connectivity index (χ0v) is 14.9. The lowest BCUT2D eigenvalue weighted by Crippen LogP contribution is -2.50. The normalized spacial score (nSPS) is 11.9. The number of nitrogens with one attached hydrogen (secondary N) is 2. The Morgan fingerprint density at radius 2 is 1.79 bits per heavy atom. The van der Waals surface area contributed by atoms with Crippen LogP contribution >= 0.6 is 11.3 Å². The van der Waals surface area contributed by atoms with Crippen LogP contribution in [0.25, 0.3) is 10.6 Å². The number of rotatable bonds is 5. The molecule has 0 spiro atoms. The molecule has 0 aliphatic carbocycles. The average molecular weight is 347 g/mol. The Kier molecular flexibility index (Phi) is 5.86. The number of benzene rings is 1. The highest BCUT2D eigenvalue weighted by Gasteiger charge is 2.25. The highest BCUT2D eigenvalue weighted by atomic mass is 32.1. The third kappa shape index (κ3) is 4.51. The van der Waals surface area contributed by atoms with Crippen LogP contribution in [0.15, 0.2) is 30.3 Å². The molecule has 2 rings (SSSR count). The van der Waals surface area contributed by atoms with Crippen molar-refractivity contribution in [2.75, 3.05) is 19.4 Å². The van der Waals surface area contributed by atoms with Crippen LogP contribution in [0.4, 0.5) is 9.93 Å². The first kappa shape index (κ1) is 17.9. The van der Waals surface area contributed by atoms with Crippen LogP contribution in [0.3, 0.4) is 0 Å². The summed E-state index contributed by atoms with van der Waals surface area (Å²) in [5.41, 5.74) is 0.941. The molecule has 1 aromatic heterocycles. The fourth-order valence-corrected chi connectivity index (χ4v) is 2.70. The molecule has 8 heteroatoms. The quantitative estimate of drug-likeness (QED) is 0.870. The molecule has 0 radical (unpaired) electrons. The first-order valence-corrected chi connectivity index (χ1v) is 8.37. The highest BCUT2D eigenvalue weighted by Crippen LogP contribution is 2.26. The average Bonchev–Trinajstić information content (AvgIpc) is 3.01. The van der Waals surface area contributed by atoms with Gasteiger partial charge in [0.2, 0.25) is 11.0 Å². The molecule has 0 aliphatic rings. The lowest BCUT2D eigenvalue weighted by atomic mass is 10.0. The molecule has 0 aliphatic heterocycles. The first-order chi connectivity index (χ1) is 11.4. The van der Waals surface area contributed by atoms with Crippen LogP contribution in [-0.2, 0) is 4.79 Å². The van der Waals surface area contributed by atoms with Crippen molar-refractivity contribution in [3.63, 3.8) is 0 Å². The minimum atomic E-state index is -0.649. The summed E-state index contributed by atoms with van der Waals surface area (Å²) in [4.78, 5) is 25.7. The van der Waals surface area contributed by atoms with Crippen LogP contribution in [0.1, 0.15) is 13.8 Å². The van der Waals surface area contributed by atoms with Gasteiger partial charge in [0.15, 0.2) is 0 Å². The summed E-state index contributed by atoms with van der Waals surface area (Å²) < 4.78 is 0. The molecular formula is C16H21N5O2S. The lowest BCUT2D eigenvalue weighted by molar-refractivity contribution is -0.118. The fraction of sp³-hybridized carbons (Fsp3) is 0.375.